The fraction of sp³-hybridized carbons (Fsp3) is 0.444. The maximum absolute atomic E-state index is 13.0. The summed E-state index contributed by atoms with van der Waals surface area (Å²) in [6.07, 6.45) is 9.51. The number of aromatic nitrogens is 1. The van der Waals surface area contributed by atoms with Gasteiger partial charge in [0.2, 0.25) is 0 Å². The highest BCUT2D eigenvalue weighted by Crippen LogP contribution is 2.29. The molecule has 0 radical (unpaired) electrons. The van der Waals surface area contributed by atoms with E-state index in [2.05, 4.69) is 29.2 Å². The quantitative estimate of drug-likeness (QED) is 0.839. The van der Waals surface area contributed by atoms with Gasteiger partial charge in [-0.1, -0.05) is 25.5 Å². The molecular formula is C18H23FN2. The Hall–Kier alpha value is -1.61. The Morgan fingerprint density at radius 3 is 2.76 bits per heavy atom. The number of nitrogens with one attached hydrogen (secondary N) is 1. The third kappa shape index (κ3) is 3.35. The smallest absolute Gasteiger partial charge is 0.123 e. The summed E-state index contributed by atoms with van der Waals surface area (Å²) in [7, 11) is 0. The maximum atomic E-state index is 13.0. The van der Waals surface area contributed by atoms with E-state index >= 15 is 0 Å². The molecule has 3 rings (SSSR count). The Morgan fingerprint density at radius 1 is 1.19 bits per heavy atom. The molecule has 0 saturated carbocycles. The number of rotatable bonds is 4. The number of nitrogens with zero attached hydrogens (tertiary/aromatic N) is 1. The Balaban J connectivity index is 1.81. The van der Waals surface area contributed by atoms with Gasteiger partial charge in [-0.25, -0.2) is 4.39 Å². The topological polar surface area (TPSA) is 17.0 Å². The van der Waals surface area contributed by atoms with Crippen LogP contribution < -0.4 is 5.32 Å². The molecule has 1 atom stereocenters. The lowest BCUT2D eigenvalue weighted by Crippen LogP contribution is -2.20. The fourth-order valence-electron chi connectivity index (χ4n) is 3.27. The fourth-order valence-corrected chi connectivity index (χ4v) is 3.27. The van der Waals surface area contributed by atoms with Gasteiger partial charge >= 0.3 is 0 Å². The van der Waals surface area contributed by atoms with E-state index in [9.17, 15) is 4.39 Å². The van der Waals surface area contributed by atoms with Crippen LogP contribution in [-0.4, -0.2) is 11.1 Å². The van der Waals surface area contributed by atoms with E-state index in [1.807, 2.05) is 12.1 Å². The predicted octanol–water partition coefficient (Wildman–Crippen LogP) is 4.05. The zero-order valence-corrected chi connectivity index (χ0v) is 12.6. The lowest BCUT2D eigenvalue weighted by atomic mass is 10.0. The van der Waals surface area contributed by atoms with E-state index < -0.39 is 0 Å². The van der Waals surface area contributed by atoms with Crippen LogP contribution in [0, 0.1) is 5.82 Å². The van der Waals surface area contributed by atoms with Gasteiger partial charge < -0.3 is 9.88 Å². The first kappa shape index (κ1) is 14.3. The number of hydrogen-bond acceptors (Lipinski definition) is 1. The molecule has 0 aliphatic heterocycles. The van der Waals surface area contributed by atoms with E-state index in [4.69, 9.17) is 0 Å². The molecule has 0 bridgehead atoms. The molecular weight excluding hydrogens is 263 g/mol. The molecule has 1 aromatic heterocycles. The SMILES string of the molecule is CCNC1CCCCc2cn(Cc3ccc(F)cc3)cc21. The van der Waals surface area contributed by atoms with Crippen molar-refractivity contribution in [2.75, 3.05) is 6.54 Å². The third-order valence-corrected chi connectivity index (χ3v) is 4.29. The molecule has 0 fully saturated rings. The second-order valence-electron chi connectivity index (χ2n) is 5.89. The second kappa shape index (κ2) is 6.44. The molecule has 2 aromatic rings. The van der Waals surface area contributed by atoms with E-state index in [0.717, 1.165) is 18.7 Å². The van der Waals surface area contributed by atoms with Gasteiger partial charge in [-0.3, -0.25) is 0 Å². The first-order valence-corrected chi connectivity index (χ1v) is 7.92. The van der Waals surface area contributed by atoms with Crippen molar-refractivity contribution in [1.29, 1.82) is 0 Å². The molecule has 1 aliphatic carbocycles. The van der Waals surface area contributed by atoms with Crippen LogP contribution in [0.2, 0.25) is 0 Å². The summed E-state index contributed by atoms with van der Waals surface area (Å²) < 4.78 is 15.2. The molecule has 0 spiro atoms. The van der Waals surface area contributed by atoms with E-state index in [1.54, 1.807) is 0 Å². The Morgan fingerprint density at radius 2 is 2.00 bits per heavy atom. The normalized spacial score (nSPS) is 18.3. The Labute approximate surface area is 126 Å². The van der Waals surface area contributed by atoms with Crippen LogP contribution in [0.1, 0.15) is 48.9 Å². The molecule has 1 aliphatic rings. The summed E-state index contributed by atoms with van der Waals surface area (Å²) in [4.78, 5) is 0. The number of hydrogen-bond donors (Lipinski definition) is 1. The van der Waals surface area contributed by atoms with Crippen LogP contribution in [0.4, 0.5) is 4.39 Å². The molecule has 1 aromatic carbocycles. The molecule has 21 heavy (non-hydrogen) atoms. The van der Waals surface area contributed by atoms with Gasteiger partial charge in [0.15, 0.2) is 0 Å². The highest BCUT2D eigenvalue weighted by Gasteiger charge is 2.19. The summed E-state index contributed by atoms with van der Waals surface area (Å²) in [5, 5.41) is 3.60. The van der Waals surface area contributed by atoms with Crippen LogP contribution in [0.5, 0.6) is 0 Å². The predicted molar refractivity (Wildman–Crippen MR) is 83.9 cm³/mol. The number of fused-ring (bicyclic) bond motifs is 1. The molecule has 0 saturated heterocycles. The largest absolute Gasteiger partial charge is 0.349 e. The Kier molecular flexibility index (Phi) is 4.39. The summed E-state index contributed by atoms with van der Waals surface area (Å²) in [5.74, 6) is -0.172. The average molecular weight is 286 g/mol. The summed E-state index contributed by atoms with van der Waals surface area (Å²) in [6, 6.07) is 7.28. The van der Waals surface area contributed by atoms with Crippen molar-refractivity contribution in [3.8, 4) is 0 Å². The molecule has 1 heterocycles. The van der Waals surface area contributed by atoms with Crippen LogP contribution in [0.3, 0.4) is 0 Å². The molecule has 112 valence electrons. The first-order chi connectivity index (χ1) is 10.3. The maximum Gasteiger partial charge on any atom is 0.123 e. The van der Waals surface area contributed by atoms with Crippen molar-refractivity contribution >= 4 is 0 Å². The van der Waals surface area contributed by atoms with Crippen LogP contribution in [0.15, 0.2) is 36.7 Å². The molecule has 2 nitrogen and oxygen atoms in total. The number of halogens is 1. The minimum absolute atomic E-state index is 0.172. The van der Waals surface area contributed by atoms with Crippen LogP contribution in [0.25, 0.3) is 0 Å². The van der Waals surface area contributed by atoms with Crippen molar-refractivity contribution in [2.24, 2.45) is 0 Å². The molecule has 1 unspecified atom stereocenters. The van der Waals surface area contributed by atoms with E-state index in [1.165, 1.54) is 48.9 Å². The molecule has 3 heteroatoms. The van der Waals surface area contributed by atoms with Crippen LogP contribution in [-0.2, 0) is 13.0 Å². The minimum Gasteiger partial charge on any atom is -0.349 e. The Bertz CT molecular complexity index is 586. The van der Waals surface area contributed by atoms with Crippen molar-refractivity contribution in [2.45, 2.75) is 45.2 Å². The average Bonchev–Trinajstić information content (AvgIpc) is 2.79. The summed E-state index contributed by atoms with van der Waals surface area (Å²) in [6.45, 7) is 3.99. The van der Waals surface area contributed by atoms with Crippen LogP contribution >= 0.6 is 0 Å². The lowest BCUT2D eigenvalue weighted by Gasteiger charge is -2.15. The molecule has 0 amide bonds. The summed E-state index contributed by atoms with van der Waals surface area (Å²) in [5.41, 5.74) is 4.07. The van der Waals surface area contributed by atoms with Gasteiger partial charge in [-0.05, 0) is 54.6 Å². The zero-order valence-electron chi connectivity index (χ0n) is 12.6. The standard InChI is InChI=1S/C18H23FN2/c1-2-20-18-6-4-3-5-15-12-21(13-17(15)18)11-14-7-9-16(19)10-8-14/h7-10,12-13,18,20H,2-6,11H2,1H3. The van der Waals surface area contributed by atoms with Gasteiger partial charge in [-0.15, -0.1) is 0 Å². The second-order valence-corrected chi connectivity index (χ2v) is 5.89. The van der Waals surface area contributed by atoms with Crippen molar-refractivity contribution < 1.29 is 4.39 Å². The van der Waals surface area contributed by atoms with Crippen molar-refractivity contribution in [3.05, 3.63) is 59.2 Å². The van der Waals surface area contributed by atoms with Gasteiger partial charge in [-0.2, -0.15) is 0 Å². The van der Waals surface area contributed by atoms with E-state index in [-0.39, 0.29) is 5.82 Å². The van der Waals surface area contributed by atoms with Crippen molar-refractivity contribution in [3.63, 3.8) is 0 Å². The highest BCUT2D eigenvalue weighted by molar-refractivity contribution is 5.30. The van der Waals surface area contributed by atoms with Gasteiger partial charge in [0.25, 0.3) is 0 Å². The minimum atomic E-state index is -0.172. The van der Waals surface area contributed by atoms with E-state index in [0.29, 0.717) is 6.04 Å². The molecule has 1 N–H and O–H groups in total. The van der Waals surface area contributed by atoms with Gasteiger partial charge in [0.1, 0.15) is 5.82 Å². The third-order valence-electron chi connectivity index (χ3n) is 4.29. The monoisotopic (exact) mass is 286 g/mol. The number of benzene rings is 1. The first-order valence-electron chi connectivity index (χ1n) is 7.92. The van der Waals surface area contributed by atoms with Crippen molar-refractivity contribution in [1.82, 2.24) is 9.88 Å². The highest BCUT2D eigenvalue weighted by atomic mass is 19.1. The zero-order chi connectivity index (χ0) is 14.7. The van der Waals surface area contributed by atoms with Gasteiger partial charge in [0.05, 0.1) is 0 Å². The lowest BCUT2D eigenvalue weighted by molar-refractivity contribution is 0.502. The number of aryl methyl sites for hydroxylation is 1. The summed E-state index contributed by atoms with van der Waals surface area (Å²) >= 11 is 0. The van der Waals surface area contributed by atoms with Gasteiger partial charge in [0, 0.05) is 25.0 Å².